The fraction of sp³-hybridized carbons (Fsp3) is 0.0952. The first-order chi connectivity index (χ1) is 13.6. The summed E-state index contributed by atoms with van der Waals surface area (Å²) in [6, 6.07) is 17.6. The molecular formula is C21H18ClN3O3. The molecule has 2 aromatic carbocycles. The van der Waals surface area contributed by atoms with Gasteiger partial charge in [0.2, 0.25) is 0 Å². The van der Waals surface area contributed by atoms with Gasteiger partial charge in [0.1, 0.15) is 5.69 Å². The molecular weight excluding hydrogens is 378 g/mol. The SMILES string of the molecule is COC(=O)c1ccc(Nc2ccc(C(=O)NCc3ccccc3Cl)nc2)cc1. The minimum atomic E-state index is -0.389. The van der Waals surface area contributed by atoms with Gasteiger partial charge in [-0.15, -0.1) is 0 Å². The number of methoxy groups -OCH3 is 1. The van der Waals surface area contributed by atoms with Crippen molar-refractivity contribution in [3.05, 3.63) is 88.7 Å². The summed E-state index contributed by atoms with van der Waals surface area (Å²) in [6.45, 7) is 0.326. The summed E-state index contributed by atoms with van der Waals surface area (Å²) in [5.41, 5.74) is 3.11. The number of hydrogen-bond donors (Lipinski definition) is 2. The zero-order chi connectivity index (χ0) is 19.9. The largest absolute Gasteiger partial charge is 0.465 e. The standard InChI is InChI=1S/C21H18ClN3O3/c1-28-21(27)14-6-8-16(9-7-14)25-17-10-11-19(23-13-17)20(26)24-12-15-4-2-3-5-18(15)22/h2-11,13,25H,12H2,1H3,(H,24,26). The maximum Gasteiger partial charge on any atom is 0.337 e. The third-order valence-corrected chi connectivity index (χ3v) is 4.36. The molecule has 0 aliphatic heterocycles. The number of ether oxygens (including phenoxy) is 1. The molecule has 0 unspecified atom stereocenters. The molecule has 3 rings (SSSR count). The van der Waals surface area contributed by atoms with Crippen LogP contribution < -0.4 is 10.6 Å². The molecule has 1 aromatic heterocycles. The van der Waals surface area contributed by atoms with Gasteiger partial charge < -0.3 is 15.4 Å². The molecule has 0 saturated heterocycles. The zero-order valence-corrected chi connectivity index (χ0v) is 15.9. The number of halogens is 1. The number of carbonyl (C=O) groups is 2. The molecule has 1 amide bonds. The minimum absolute atomic E-state index is 0.283. The molecule has 142 valence electrons. The summed E-state index contributed by atoms with van der Waals surface area (Å²) in [6.07, 6.45) is 1.57. The van der Waals surface area contributed by atoms with Crippen LogP contribution in [0.4, 0.5) is 11.4 Å². The quantitative estimate of drug-likeness (QED) is 0.611. The van der Waals surface area contributed by atoms with Crippen molar-refractivity contribution in [3.63, 3.8) is 0 Å². The van der Waals surface area contributed by atoms with Crippen molar-refractivity contribution >= 4 is 34.9 Å². The van der Waals surface area contributed by atoms with Crippen LogP contribution in [0.5, 0.6) is 0 Å². The number of esters is 1. The average molecular weight is 396 g/mol. The van der Waals surface area contributed by atoms with Gasteiger partial charge in [0.25, 0.3) is 5.91 Å². The van der Waals surface area contributed by atoms with Crippen molar-refractivity contribution in [1.82, 2.24) is 10.3 Å². The van der Waals surface area contributed by atoms with Crippen LogP contribution in [-0.2, 0) is 11.3 Å². The summed E-state index contributed by atoms with van der Waals surface area (Å²) in [4.78, 5) is 27.9. The third-order valence-electron chi connectivity index (χ3n) is 3.99. The minimum Gasteiger partial charge on any atom is -0.465 e. The molecule has 0 radical (unpaired) electrons. The fourth-order valence-corrected chi connectivity index (χ4v) is 2.69. The number of rotatable bonds is 6. The van der Waals surface area contributed by atoms with E-state index in [1.165, 1.54) is 7.11 Å². The van der Waals surface area contributed by atoms with Gasteiger partial charge in [0.15, 0.2) is 0 Å². The Bertz CT molecular complexity index is 973. The Morgan fingerprint density at radius 1 is 1.00 bits per heavy atom. The van der Waals surface area contributed by atoms with E-state index in [9.17, 15) is 9.59 Å². The molecule has 0 spiro atoms. The van der Waals surface area contributed by atoms with Gasteiger partial charge in [-0.05, 0) is 48.0 Å². The van der Waals surface area contributed by atoms with Gasteiger partial charge in [0.05, 0.1) is 24.6 Å². The topological polar surface area (TPSA) is 80.3 Å². The van der Waals surface area contributed by atoms with E-state index in [1.807, 2.05) is 18.2 Å². The van der Waals surface area contributed by atoms with E-state index in [2.05, 4.69) is 20.4 Å². The second-order valence-electron chi connectivity index (χ2n) is 5.90. The van der Waals surface area contributed by atoms with Crippen LogP contribution in [0.2, 0.25) is 5.02 Å². The van der Waals surface area contributed by atoms with Crippen molar-refractivity contribution in [1.29, 1.82) is 0 Å². The van der Waals surface area contributed by atoms with Gasteiger partial charge in [-0.1, -0.05) is 29.8 Å². The summed E-state index contributed by atoms with van der Waals surface area (Å²) < 4.78 is 4.67. The summed E-state index contributed by atoms with van der Waals surface area (Å²) in [5.74, 6) is -0.672. The first-order valence-corrected chi connectivity index (χ1v) is 8.87. The lowest BCUT2D eigenvalue weighted by atomic mass is 10.2. The van der Waals surface area contributed by atoms with Crippen LogP contribution in [-0.4, -0.2) is 24.0 Å². The van der Waals surface area contributed by atoms with Gasteiger partial charge in [-0.2, -0.15) is 0 Å². The molecule has 1 heterocycles. The van der Waals surface area contributed by atoms with Gasteiger partial charge in [-0.25, -0.2) is 9.78 Å². The lowest BCUT2D eigenvalue weighted by molar-refractivity contribution is 0.0600. The number of anilines is 2. The maximum absolute atomic E-state index is 12.2. The first kappa shape index (κ1) is 19.4. The van der Waals surface area contributed by atoms with Crippen LogP contribution in [0.3, 0.4) is 0 Å². The molecule has 0 saturated carbocycles. The molecule has 6 nitrogen and oxygen atoms in total. The molecule has 0 fully saturated rings. The Labute approximate surface area is 167 Å². The maximum atomic E-state index is 12.2. The predicted molar refractivity (Wildman–Crippen MR) is 108 cm³/mol. The molecule has 0 aliphatic rings. The summed E-state index contributed by atoms with van der Waals surface area (Å²) in [5, 5.41) is 6.56. The highest BCUT2D eigenvalue weighted by atomic mass is 35.5. The van der Waals surface area contributed by atoms with Crippen molar-refractivity contribution in [2.24, 2.45) is 0 Å². The predicted octanol–water partition coefficient (Wildman–Crippen LogP) is 4.20. The molecule has 0 atom stereocenters. The van der Waals surface area contributed by atoms with Crippen LogP contribution in [0.15, 0.2) is 66.9 Å². The lowest BCUT2D eigenvalue weighted by Gasteiger charge is -2.09. The van der Waals surface area contributed by atoms with Crippen LogP contribution in [0.25, 0.3) is 0 Å². The highest BCUT2D eigenvalue weighted by Gasteiger charge is 2.09. The molecule has 0 bridgehead atoms. The van der Waals surface area contributed by atoms with Crippen LogP contribution >= 0.6 is 11.6 Å². The number of carbonyl (C=O) groups excluding carboxylic acids is 2. The number of hydrogen-bond acceptors (Lipinski definition) is 5. The van der Waals surface area contributed by atoms with Crippen molar-refractivity contribution < 1.29 is 14.3 Å². The number of aromatic nitrogens is 1. The lowest BCUT2D eigenvalue weighted by Crippen LogP contribution is -2.23. The number of amides is 1. The van der Waals surface area contributed by atoms with Crippen molar-refractivity contribution in [2.45, 2.75) is 6.54 Å². The van der Waals surface area contributed by atoms with Crippen LogP contribution in [0.1, 0.15) is 26.4 Å². The van der Waals surface area contributed by atoms with E-state index in [-0.39, 0.29) is 11.9 Å². The zero-order valence-electron chi connectivity index (χ0n) is 15.1. The third kappa shape index (κ3) is 4.86. The monoisotopic (exact) mass is 395 g/mol. The molecule has 3 aromatic rings. The highest BCUT2D eigenvalue weighted by Crippen LogP contribution is 2.17. The Kier molecular flexibility index (Phi) is 6.24. The number of pyridine rings is 1. The second-order valence-corrected chi connectivity index (χ2v) is 6.31. The van der Waals surface area contributed by atoms with E-state index in [0.717, 1.165) is 11.3 Å². The number of nitrogens with one attached hydrogen (secondary N) is 2. The van der Waals surface area contributed by atoms with Crippen molar-refractivity contribution in [2.75, 3.05) is 12.4 Å². The van der Waals surface area contributed by atoms with Crippen molar-refractivity contribution in [3.8, 4) is 0 Å². The Balaban J connectivity index is 1.59. The summed E-state index contributed by atoms with van der Waals surface area (Å²) >= 11 is 6.09. The Hall–Kier alpha value is -3.38. The Morgan fingerprint density at radius 3 is 2.36 bits per heavy atom. The molecule has 28 heavy (non-hydrogen) atoms. The molecule has 0 aliphatic carbocycles. The van der Waals surface area contributed by atoms with Crippen LogP contribution in [0, 0.1) is 0 Å². The summed E-state index contributed by atoms with van der Waals surface area (Å²) in [7, 11) is 1.34. The molecule has 7 heteroatoms. The van der Waals surface area contributed by atoms with E-state index in [1.54, 1.807) is 48.7 Å². The average Bonchev–Trinajstić information content (AvgIpc) is 2.73. The second kappa shape index (κ2) is 9.01. The fourth-order valence-electron chi connectivity index (χ4n) is 2.48. The van der Waals surface area contributed by atoms with E-state index >= 15 is 0 Å². The highest BCUT2D eigenvalue weighted by molar-refractivity contribution is 6.31. The van der Waals surface area contributed by atoms with E-state index in [0.29, 0.717) is 28.5 Å². The normalized spacial score (nSPS) is 10.2. The van der Waals surface area contributed by atoms with E-state index < -0.39 is 0 Å². The van der Waals surface area contributed by atoms with E-state index in [4.69, 9.17) is 11.6 Å². The smallest absolute Gasteiger partial charge is 0.337 e. The molecule has 2 N–H and O–H groups in total. The Morgan fingerprint density at radius 2 is 1.71 bits per heavy atom. The first-order valence-electron chi connectivity index (χ1n) is 8.50. The van der Waals surface area contributed by atoms with Gasteiger partial charge in [-0.3, -0.25) is 4.79 Å². The number of benzene rings is 2. The van der Waals surface area contributed by atoms with Gasteiger partial charge >= 0.3 is 5.97 Å². The van der Waals surface area contributed by atoms with Gasteiger partial charge in [0, 0.05) is 17.3 Å². The number of nitrogens with zero attached hydrogens (tertiary/aromatic N) is 1.